The van der Waals surface area contributed by atoms with Gasteiger partial charge in [0.1, 0.15) is 0 Å². The van der Waals surface area contributed by atoms with Gasteiger partial charge in [-0.05, 0) is 45.3 Å². The zero-order valence-electron chi connectivity index (χ0n) is 18.4. The van der Waals surface area contributed by atoms with E-state index in [9.17, 15) is 9.59 Å². The van der Waals surface area contributed by atoms with Crippen LogP contribution < -0.4 is 5.32 Å². The summed E-state index contributed by atoms with van der Waals surface area (Å²) in [5, 5.41) is 7.40. The van der Waals surface area contributed by atoms with Crippen LogP contribution >= 0.6 is 11.3 Å². The first-order valence-corrected chi connectivity index (χ1v) is 12.2. The highest BCUT2D eigenvalue weighted by atomic mass is 32.1. The molecule has 0 saturated carbocycles. The average Bonchev–Trinajstić information content (AvgIpc) is 3.35. The van der Waals surface area contributed by atoms with Crippen molar-refractivity contribution in [3.63, 3.8) is 0 Å². The molecule has 0 bridgehead atoms. The molecule has 1 aliphatic rings. The van der Waals surface area contributed by atoms with Crippen LogP contribution in [-0.4, -0.2) is 23.3 Å². The first-order valence-electron chi connectivity index (χ1n) is 11.3. The lowest BCUT2D eigenvalue weighted by Gasteiger charge is -2.36. The average molecular weight is 455 g/mol. The van der Waals surface area contributed by atoms with Gasteiger partial charge in [-0.3, -0.25) is 9.59 Å². The van der Waals surface area contributed by atoms with Gasteiger partial charge in [0.05, 0.1) is 6.04 Å². The molecule has 1 aromatic heterocycles. The molecule has 5 heteroatoms. The summed E-state index contributed by atoms with van der Waals surface area (Å²) < 4.78 is 0. The standard InChI is InChI=1S/C28H26N2O2S/c31-26(29-19-22-11-6-10-20-7-4-5-12-23(20)22)13-14-27(32)30-17-15-25-24(16-18-33-25)28(30)21-8-2-1-3-9-21/h1-12,16,18,28H,13-15,17,19H2,(H,29,31). The lowest BCUT2D eigenvalue weighted by molar-refractivity contribution is -0.135. The number of amides is 2. The van der Waals surface area contributed by atoms with Crippen LogP contribution in [0.25, 0.3) is 10.8 Å². The van der Waals surface area contributed by atoms with Gasteiger partial charge in [0.15, 0.2) is 0 Å². The van der Waals surface area contributed by atoms with Crippen LogP contribution in [0, 0.1) is 0 Å². The third-order valence-electron chi connectivity index (χ3n) is 6.32. The molecule has 0 radical (unpaired) electrons. The van der Waals surface area contributed by atoms with Crippen molar-refractivity contribution in [1.29, 1.82) is 0 Å². The van der Waals surface area contributed by atoms with E-state index in [4.69, 9.17) is 0 Å². The highest BCUT2D eigenvalue weighted by molar-refractivity contribution is 7.10. The summed E-state index contributed by atoms with van der Waals surface area (Å²) in [4.78, 5) is 29.1. The summed E-state index contributed by atoms with van der Waals surface area (Å²) in [6, 6.07) is 26.5. The highest BCUT2D eigenvalue weighted by Gasteiger charge is 2.32. The lowest BCUT2D eigenvalue weighted by Crippen LogP contribution is -2.40. The van der Waals surface area contributed by atoms with Crippen molar-refractivity contribution in [3.8, 4) is 0 Å². The maximum Gasteiger partial charge on any atom is 0.223 e. The Morgan fingerprint density at radius 2 is 1.70 bits per heavy atom. The van der Waals surface area contributed by atoms with Crippen LogP contribution in [0.1, 0.15) is 40.5 Å². The number of benzene rings is 3. The second kappa shape index (κ2) is 9.59. The van der Waals surface area contributed by atoms with E-state index in [1.807, 2.05) is 47.4 Å². The molecule has 1 atom stereocenters. The minimum absolute atomic E-state index is 0.0287. The summed E-state index contributed by atoms with van der Waals surface area (Å²) >= 11 is 1.76. The lowest BCUT2D eigenvalue weighted by atomic mass is 9.93. The van der Waals surface area contributed by atoms with E-state index in [-0.39, 0.29) is 30.7 Å². The summed E-state index contributed by atoms with van der Waals surface area (Å²) in [6.07, 6.45) is 1.28. The molecule has 1 unspecified atom stereocenters. The molecule has 3 aromatic carbocycles. The van der Waals surface area contributed by atoms with Gasteiger partial charge in [0, 0.05) is 30.8 Å². The van der Waals surface area contributed by atoms with Gasteiger partial charge < -0.3 is 10.2 Å². The first-order chi connectivity index (χ1) is 16.2. The van der Waals surface area contributed by atoms with Crippen molar-refractivity contribution in [2.24, 2.45) is 0 Å². The maximum absolute atomic E-state index is 13.2. The minimum Gasteiger partial charge on any atom is -0.352 e. The number of fused-ring (bicyclic) bond motifs is 2. The van der Waals surface area contributed by atoms with Gasteiger partial charge in [-0.15, -0.1) is 11.3 Å². The predicted molar refractivity (Wildman–Crippen MR) is 133 cm³/mol. The van der Waals surface area contributed by atoms with Gasteiger partial charge in [-0.1, -0.05) is 72.8 Å². The zero-order valence-corrected chi connectivity index (χ0v) is 19.2. The molecule has 0 spiro atoms. The van der Waals surface area contributed by atoms with E-state index >= 15 is 0 Å². The fourth-order valence-corrected chi connectivity index (χ4v) is 5.58. The normalized spacial score (nSPS) is 15.3. The van der Waals surface area contributed by atoms with Crippen molar-refractivity contribution in [1.82, 2.24) is 10.2 Å². The first kappa shape index (κ1) is 21.4. The number of carbonyl (C=O) groups is 2. The van der Waals surface area contributed by atoms with Crippen molar-refractivity contribution < 1.29 is 9.59 Å². The molecule has 2 heterocycles. The molecule has 0 aliphatic carbocycles. The molecular weight excluding hydrogens is 428 g/mol. The molecule has 33 heavy (non-hydrogen) atoms. The summed E-state index contributed by atoms with van der Waals surface area (Å²) in [7, 11) is 0. The third-order valence-corrected chi connectivity index (χ3v) is 7.32. The Labute approximate surface area is 197 Å². The van der Waals surface area contributed by atoms with Crippen LogP contribution in [0.3, 0.4) is 0 Å². The molecular formula is C28H26N2O2S. The highest BCUT2D eigenvalue weighted by Crippen LogP contribution is 2.38. The number of hydrogen-bond acceptors (Lipinski definition) is 3. The number of nitrogens with one attached hydrogen (secondary N) is 1. The second-order valence-corrected chi connectivity index (χ2v) is 9.37. The second-order valence-electron chi connectivity index (χ2n) is 8.36. The Morgan fingerprint density at radius 1 is 0.909 bits per heavy atom. The summed E-state index contributed by atoms with van der Waals surface area (Å²) in [5.74, 6) is -0.0678. The van der Waals surface area contributed by atoms with Gasteiger partial charge in [0.25, 0.3) is 0 Å². The Kier molecular flexibility index (Phi) is 6.22. The minimum atomic E-state index is -0.0965. The van der Waals surface area contributed by atoms with E-state index in [0.717, 1.165) is 28.3 Å². The van der Waals surface area contributed by atoms with Gasteiger partial charge in [-0.25, -0.2) is 0 Å². The van der Waals surface area contributed by atoms with E-state index in [1.54, 1.807) is 11.3 Å². The molecule has 1 N–H and O–H groups in total. The molecule has 5 rings (SSSR count). The van der Waals surface area contributed by atoms with E-state index < -0.39 is 0 Å². The number of carbonyl (C=O) groups excluding carboxylic acids is 2. The topological polar surface area (TPSA) is 49.4 Å². The van der Waals surface area contributed by atoms with E-state index in [2.05, 4.69) is 47.1 Å². The van der Waals surface area contributed by atoms with Crippen molar-refractivity contribution >= 4 is 33.9 Å². The molecule has 0 fully saturated rings. The van der Waals surface area contributed by atoms with Crippen molar-refractivity contribution in [2.45, 2.75) is 31.8 Å². The van der Waals surface area contributed by atoms with Crippen LogP contribution in [0.4, 0.5) is 0 Å². The fraction of sp³-hybridized carbons (Fsp3) is 0.214. The number of thiophene rings is 1. The maximum atomic E-state index is 13.2. The van der Waals surface area contributed by atoms with Gasteiger partial charge in [-0.2, -0.15) is 0 Å². The number of nitrogens with zero attached hydrogens (tertiary/aromatic N) is 1. The SMILES string of the molecule is O=C(CCC(=O)N1CCc2sccc2C1c1ccccc1)NCc1cccc2ccccc12. The Balaban J connectivity index is 1.23. The molecule has 4 nitrogen and oxygen atoms in total. The van der Waals surface area contributed by atoms with E-state index in [0.29, 0.717) is 13.1 Å². The Hall–Kier alpha value is -3.44. The number of hydrogen-bond donors (Lipinski definition) is 1. The Morgan fingerprint density at radius 3 is 2.58 bits per heavy atom. The molecule has 4 aromatic rings. The van der Waals surface area contributed by atoms with Gasteiger partial charge >= 0.3 is 0 Å². The van der Waals surface area contributed by atoms with Crippen molar-refractivity contribution in [3.05, 3.63) is 106 Å². The van der Waals surface area contributed by atoms with Crippen molar-refractivity contribution in [2.75, 3.05) is 6.54 Å². The quantitative estimate of drug-likeness (QED) is 0.420. The Bertz CT molecular complexity index is 1280. The summed E-state index contributed by atoms with van der Waals surface area (Å²) in [5.41, 5.74) is 3.41. The molecule has 166 valence electrons. The zero-order chi connectivity index (χ0) is 22.6. The molecule has 2 amide bonds. The predicted octanol–water partition coefficient (Wildman–Crippen LogP) is 5.47. The van der Waals surface area contributed by atoms with Crippen LogP contribution in [0.2, 0.25) is 0 Å². The number of rotatable bonds is 6. The summed E-state index contributed by atoms with van der Waals surface area (Å²) in [6.45, 7) is 1.15. The molecule has 1 aliphatic heterocycles. The third kappa shape index (κ3) is 4.55. The largest absolute Gasteiger partial charge is 0.352 e. The smallest absolute Gasteiger partial charge is 0.223 e. The van der Waals surface area contributed by atoms with E-state index in [1.165, 1.54) is 10.4 Å². The van der Waals surface area contributed by atoms with Crippen LogP contribution in [0.5, 0.6) is 0 Å². The van der Waals surface area contributed by atoms with Gasteiger partial charge in [0.2, 0.25) is 11.8 Å². The molecule has 0 saturated heterocycles. The fourth-order valence-electron chi connectivity index (χ4n) is 4.67. The van der Waals surface area contributed by atoms with Crippen LogP contribution in [0.15, 0.2) is 84.2 Å². The monoisotopic (exact) mass is 454 g/mol. The van der Waals surface area contributed by atoms with Crippen LogP contribution in [-0.2, 0) is 22.6 Å².